The van der Waals surface area contributed by atoms with Crippen LogP contribution in [0.5, 0.6) is 11.5 Å². The molecule has 19 heavy (non-hydrogen) atoms. The van der Waals surface area contributed by atoms with Gasteiger partial charge in [0.15, 0.2) is 0 Å². The number of amides is 1. The van der Waals surface area contributed by atoms with Crippen LogP contribution < -0.4 is 16.2 Å². The number of carbonyl (C=O) groups is 1. The molecule has 5 heteroatoms. The number of halogens is 1. The molecule has 2 aromatic carbocycles. The zero-order valence-corrected chi connectivity index (χ0v) is 11.1. The molecular formula is C14H13ClN2O2. The fourth-order valence-electron chi connectivity index (χ4n) is 1.67. The maximum Gasteiger partial charge on any atom is 0.252 e. The molecule has 0 heterocycles. The molecule has 0 radical (unpaired) electrons. The summed E-state index contributed by atoms with van der Waals surface area (Å²) in [6.07, 6.45) is 0. The Morgan fingerprint density at radius 2 is 1.84 bits per heavy atom. The Hall–Kier alpha value is -2.20. The van der Waals surface area contributed by atoms with Crippen molar-refractivity contribution in [1.82, 2.24) is 0 Å². The van der Waals surface area contributed by atoms with Crippen LogP contribution in [-0.4, -0.2) is 5.91 Å². The minimum atomic E-state index is -0.589. The van der Waals surface area contributed by atoms with Crippen LogP contribution >= 0.6 is 11.6 Å². The molecule has 0 aliphatic carbocycles. The average Bonchev–Trinajstić information content (AvgIpc) is 2.34. The molecule has 98 valence electrons. The molecule has 0 saturated carbocycles. The zero-order chi connectivity index (χ0) is 14.0. The maximum absolute atomic E-state index is 11.4. The molecule has 4 nitrogen and oxygen atoms in total. The monoisotopic (exact) mass is 276 g/mol. The first-order valence-electron chi connectivity index (χ1n) is 5.60. The molecule has 4 N–H and O–H groups in total. The van der Waals surface area contributed by atoms with Gasteiger partial charge in [-0.1, -0.05) is 11.6 Å². The normalized spacial score (nSPS) is 10.2. The number of nitrogens with two attached hydrogens (primary N) is 2. The number of aryl methyl sites for hydroxylation is 1. The summed E-state index contributed by atoms with van der Waals surface area (Å²) in [5.74, 6) is 0.387. The molecule has 0 unspecified atom stereocenters. The summed E-state index contributed by atoms with van der Waals surface area (Å²) in [6.45, 7) is 1.86. The van der Waals surface area contributed by atoms with Crippen molar-refractivity contribution in [3.63, 3.8) is 0 Å². The van der Waals surface area contributed by atoms with E-state index in [1.165, 1.54) is 6.07 Å². The lowest BCUT2D eigenvalue weighted by Crippen LogP contribution is -2.12. The van der Waals surface area contributed by atoms with Crippen LogP contribution in [0.2, 0.25) is 5.02 Å². The van der Waals surface area contributed by atoms with Crippen LogP contribution in [0.15, 0.2) is 36.4 Å². The van der Waals surface area contributed by atoms with E-state index in [0.29, 0.717) is 22.2 Å². The van der Waals surface area contributed by atoms with E-state index < -0.39 is 5.91 Å². The third kappa shape index (κ3) is 2.98. The molecule has 1 amide bonds. The Bertz CT molecular complexity index is 641. The van der Waals surface area contributed by atoms with Gasteiger partial charge in [-0.05, 0) is 48.9 Å². The smallest absolute Gasteiger partial charge is 0.252 e. The summed E-state index contributed by atoms with van der Waals surface area (Å²) in [5, 5.41) is 0.622. The molecule has 0 fully saturated rings. The van der Waals surface area contributed by atoms with Gasteiger partial charge in [0.1, 0.15) is 11.5 Å². The van der Waals surface area contributed by atoms with Crippen molar-refractivity contribution < 1.29 is 9.53 Å². The Morgan fingerprint density at radius 1 is 1.16 bits per heavy atom. The minimum Gasteiger partial charge on any atom is -0.456 e. The van der Waals surface area contributed by atoms with Gasteiger partial charge in [0.2, 0.25) is 0 Å². The van der Waals surface area contributed by atoms with Gasteiger partial charge in [-0.15, -0.1) is 0 Å². The molecular weight excluding hydrogens is 264 g/mol. The number of rotatable bonds is 3. The number of hydrogen-bond donors (Lipinski definition) is 2. The fourth-order valence-corrected chi connectivity index (χ4v) is 1.90. The fraction of sp³-hybridized carbons (Fsp3) is 0.0714. The average molecular weight is 277 g/mol. The summed E-state index contributed by atoms with van der Waals surface area (Å²) in [5.41, 5.74) is 12.5. The van der Waals surface area contributed by atoms with Gasteiger partial charge >= 0.3 is 0 Å². The van der Waals surface area contributed by atoms with Gasteiger partial charge in [-0.3, -0.25) is 4.79 Å². The SMILES string of the molecule is Cc1cc(Cl)ccc1Oc1ccc(N)cc1C(N)=O. The topological polar surface area (TPSA) is 78.3 Å². The van der Waals surface area contributed by atoms with Crippen molar-refractivity contribution in [3.05, 3.63) is 52.5 Å². The third-order valence-electron chi connectivity index (χ3n) is 2.63. The van der Waals surface area contributed by atoms with E-state index in [9.17, 15) is 4.79 Å². The van der Waals surface area contributed by atoms with Crippen molar-refractivity contribution in [1.29, 1.82) is 0 Å². The summed E-state index contributed by atoms with van der Waals surface area (Å²) in [4.78, 5) is 11.4. The van der Waals surface area contributed by atoms with Gasteiger partial charge in [-0.2, -0.15) is 0 Å². The van der Waals surface area contributed by atoms with Crippen LogP contribution in [0.1, 0.15) is 15.9 Å². The third-order valence-corrected chi connectivity index (χ3v) is 2.86. The van der Waals surface area contributed by atoms with Gasteiger partial charge in [0.05, 0.1) is 5.56 Å². The van der Waals surface area contributed by atoms with E-state index in [2.05, 4.69) is 0 Å². The van der Waals surface area contributed by atoms with Crippen LogP contribution in [-0.2, 0) is 0 Å². The van der Waals surface area contributed by atoms with E-state index in [1.54, 1.807) is 30.3 Å². The standard InChI is InChI=1S/C14H13ClN2O2/c1-8-6-9(15)2-4-12(8)19-13-5-3-10(16)7-11(13)14(17)18/h2-7H,16H2,1H3,(H2,17,18). The van der Waals surface area contributed by atoms with Crippen molar-refractivity contribution >= 4 is 23.2 Å². The highest BCUT2D eigenvalue weighted by Gasteiger charge is 2.12. The lowest BCUT2D eigenvalue weighted by molar-refractivity contribution is 0.0998. The first kappa shape index (κ1) is 13.2. The molecule has 0 atom stereocenters. The number of nitrogen functional groups attached to an aromatic ring is 1. The molecule has 0 spiro atoms. The number of primary amides is 1. The Balaban J connectivity index is 2.40. The minimum absolute atomic E-state index is 0.245. The molecule has 0 aromatic heterocycles. The molecule has 0 aliphatic rings. The quantitative estimate of drug-likeness (QED) is 0.846. The largest absolute Gasteiger partial charge is 0.456 e. The van der Waals surface area contributed by atoms with E-state index in [4.69, 9.17) is 27.8 Å². The Labute approximate surface area is 115 Å². The zero-order valence-electron chi connectivity index (χ0n) is 10.3. The van der Waals surface area contributed by atoms with E-state index in [0.717, 1.165) is 5.56 Å². The van der Waals surface area contributed by atoms with Crippen molar-refractivity contribution in [3.8, 4) is 11.5 Å². The van der Waals surface area contributed by atoms with Gasteiger partial charge in [0.25, 0.3) is 5.91 Å². The van der Waals surface area contributed by atoms with Crippen LogP contribution in [0.3, 0.4) is 0 Å². The maximum atomic E-state index is 11.4. The number of benzene rings is 2. The highest BCUT2D eigenvalue weighted by molar-refractivity contribution is 6.30. The van der Waals surface area contributed by atoms with E-state index in [-0.39, 0.29) is 5.56 Å². The molecule has 0 bridgehead atoms. The summed E-state index contributed by atoms with van der Waals surface area (Å²) in [6, 6.07) is 9.97. The second-order valence-corrected chi connectivity index (χ2v) is 4.57. The molecule has 0 saturated heterocycles. The second-order valence-electron chi connectivity index (χ2n) is 4.13. The second kappa shape index (κ2) is 5.20. The first-order chi connectivity index (χ1) is 8.97. The number of ether oxygens (including phenoxy) is 1. The van der Waals surface area contributed by atoms with Gasteiger partial charge < -0.3 is 16.2 Å². The Kier molecular flexibility index (Phi) is 3.62. The Morgan fingerprint density at radius 3 is 2.47 bits per heavy atom. The summed E-state index contributed by atoms with van der Waals surface area (Å²) in [7, 11) is 0. The lowest BCUT2D eigenvalue weighted by Gasteiger charge is -2.12. The van der Waals surface area contributed by atoms with Crippen molar-refractivity contribution in [2.24, 2.45) is 5.73 Å². The summed E-state index contributed by atoms with van der Waals surface area (Å²) >= 11 is 5.88. The van der Waals surface area contributed by atoms with E-state index in [1.807, 2.05) is 6.92 Å². The van der Waals surface area contributed by atoms with Crippen molar-refractivity contribution in [2.45, 2.75) is 6.92 Å². The number of anilines is 1. The number of carbonyl (C=O) groups excluding carboxylic acids is 1. The van der Waals surface area contributed by atoms with Crippen LogP contribution in [0, 0.1) is 6.92 Å². The van der Waals surface area contributed by atoms with Gasteiger partial charge in [-0.25, -0.2) is 0 Å². The number of hydrogen-bond acceptors (Lipinski definition) is 3. The molecule has 2 aromatic rings. The van der Waals surface area contributed by atoms with Crippen LogP contribution in [0.25, 0.3) is 0 Å². The van der Waals surface area contributed by atoms with Crippen molar-refractivity contribution in [2.75, 3.05) is 5.73 Å². The molecule has 2 rings (SSSR count). The summed E-state index contributed by atoms with van der Waals surface area (Å²) < 4.78 is 5.70. The predicted octanol–water partition coefficient (Wildman–Crippen LogP) is 3.12. The van der Waals surface area contributed by atoms with Gasteiger partial charge in [0, 0.05) is 10.7 Å². The first-order valence-corrected chi connectivity index (χ1v) is 5.98. The molecule has 0 aliphatic heterocycles. The highest BCUT2D eigenvalue weighted by Crippen LogP contribution is 2.30. The highest BCUT2D eigenvalue weighted by atomic mass is 35.5. The predicted molar refractivity (Wildman–Crippen MR) is 75.6 cm³/mol. The lowest BCUT2D eigenvalue weighted by atomic mass is 10.1. The van der Waals surface area contributed by atoms with E-state index >= 15 is 0 Å². The van der Waals surface area contributed by atoms with Crippen LogP contribution in [0.4, 0.5) is 5.69 Å².